The highest BCUT2D eigenvalue weighted by molar-refractivity contribution is 5.96. The lowest BCUT2D eigenvalue weighted by Gasteiger charge is -2.20. The van der Waals surface area contributed by atoms with Crippen molar-refractivity contribution in [2.45, 2.75) is 31.7 Å². The van der Waals surface area contributed by atoms with Crippen LogP contribution >= 0.6 is 0 Å². The third kappa shape index (κ3) is 6.72. The van der Waals surface area contributed by atoms with Crippen LogP contribution in [0, 0.1) is 0 Å². The number of H-pyrrole nitrogens is 1. The molecular formula is C20H26N6O6. The minimum atomic E-state index is -1.30. The number of hydrogen-bond acceptors (Lipinski definition) is 8. The van der Waals surface area contributed by atoms with E-state index < -0.39 is 23.9 Å². The Kier molecular flexibility index (Phi) is 8.16. The zero-order valence-corrected chi connectivity index (χ0v) is 17.5. The van der Waals surface area contributed by atoms with Crippen LogP contribution in [0.25, 0.3) is 0 Å². The zero-order chi connectivity index (χ0) is 23.8. The number of aliphatic carboxylic acids is 2. The standard InChI is InChI=1S/C20H26N6O6/c1-26(10-2-3-13-16(21)24-20(22)25-18(13)30)12-6-4-11(5-7-12)17(29)23-14(19(31)32)8-9-15(27)28/h4-7,14H,2-3,8-10H2,1H3,(H,23,29)(H,27,28)(H,31,32)(H5,21,22,24,25,30)/t14-/m0/s1. The van der Waals surface area contributed by atoms with Crippen LogP contribution in [-0.4, -0.2) is 57.7 Å². The Hall–Kier alpha value is -4.09. The van der Waals surface area contributed by atoms with E-state index in [1.807, 2.05) is 11.9 Å². The van der Waals surface area contributed by atoms with Crippen LogP contribution in [-0.2, 0) is 16.0 Å². The first-order valence-corrected chi connectivity index (χ1v) is 9.79. The van der Waals surface area contributed by atoms with Gasteiger partial charge in [0.1, 0.15) is 11.9 Å². The van der Waals surface area contributed by atoms with Gasteiger partial charge in [0.25, 0.3) is 11.5 Å². The second kappa shape index (κ2) is 10.8. The molecule has 0 aliphatic heterocycles. The van der Waals surface area contributed by atoms with E-state index in [2.05, 4.69) is 15.3 Å². The summed E-state index contributed by atoms with van der Waals surface area (Å²) in [5, 5.41) is 20.2. The molecule has 0 aliphatic rings. The number of carboxylic acid groups (broad SMARTS) is 2. The van der Waals surface area contributed by atoms with Gasteiger partial charge in [-0.25, -0.2) is 4.79 Å². The van der Waals surface area contributed by atoms with E-state index in [4.69, 9.17) is 21.7 Å². The van der Waals surface area contributed by atoms with Crippen molar-refractivity contribution in [3.63, 3.8) is 0 Å². The van der Waals surface area contributed by atoms with Gasteiger partial charge in [-0.3, -0.25) is 19.4 Å². The predicted octanol–water partition coefficient (Wildman–Crippen LogP) is 0.0511. The first-order valence-electron chi connectivity index (χ1n) is 9.79. The molecule has 1 aromatic heterocycles. The number of hydrogen-bond donors (Lipinski definition) is 6. The zero-order valence-electron chi connectivity index (χ0n) is 17.5. The minimum Gasteiger partial charge on any atom is -0.481 e. The molecule has 12 nitrogen and oxygen atoms in total. The molecule has 0 bridgehead atoms. The maximum absolute atomic E-state index is 12.3. The SMILES string of the molecule is CN(CCCc1c(N)nc(N)[nH]c1=O)c1ccc(C(=O)N[C@@H](CCC(=O)O)C(=O)O)cc1. The number of nitrogens with one attached hydrogen (secondary N) is 2. The molecule has 0 spiro atoms. The first-order chi connectivity index (χ1) is 15.1. The van der Waals surface area contributed by atoms with Crippen LogP contribution in [0.3, 0.4) is 0 Å². The fourth-order valence-corrected chi connectivity index (χ4v) is 3.03. The molecule has 0 radical (unpaired) electrons. The fraction of sp³-hybridized carbons (Fsp3) is 0.350. The lowest BCUT2D eigenvalue weighted by Crippen LogP contribution is -2.41. The van der Waals surface area contributed by atoms with E-state index >= 15 is 0 Å². The van der Waals surface area contributed by atoms with Gasteiger partial charge < -0.3 is 31.9 Å². The second-order valence-electron chi connectivity index (χ2n) is 7.18. The van der Waals surface area contributed by atoms with Crippen molar-refractivity contribution in [3.8, 4) is 0 Å². The van der Waals surface area contributed by atoms with E-state index in [1.165, 1.54) is 0 Å². The van der Waals surface area contributed by atoms with E-state index in [9.17, 15) is 19.2 Å². The van der Waals surface area contributed by atoms with Gasteiger partial charge in [0.05, 0.1) is 5.56 Å². The minimum absolute atomic E-state index is 0.0333. The lowest BCUT2D eigenvalue weighted by molar-refractivity contribution is -0.140. The van der Waals surface area contributed by atoms with Crippen LogP contribution in [0.1, 0.15) is 35.2 Å². The third-order valence-corrected chi connectivity index (χ3v) is 4.81. The molecular weight excluding hydrogens is 420 g/mol. The van der Waals surface area contributed by atoms with Gasteiger partial charge in [-0.15, -0.1) is 0 Å². The smallest absolute Gasteiger partial charge is 0.326 e. The summed E-state index contributed by atoms with van der Waals surface area (Å²) in [5.41, 5.74) is 12.3. The number of aromatic amines is 1. The molecule has 0 saturated heterocycles. The van der Waals surface area contributed by atoms with Crippen molar-refractivity contribution in [2.75, 3.05) is 30.0 Å². The molecule has 2 aromatic rings. The maximum atomic E-state index is 12.3. The lowest BCUT2D eigenvalue weighted by atomic mass is 10.1. The number of nitrogens with two attached hydrogens (primary N) is 2. The number of aromatic nitrogens is 2. The van der Waals surface area contributed by atoms with Gasteiger partial charge in [0.15, 0.2) is 0 Å². The van der Waals surface area contributed by atoms with E-state index in [1.54, 1.807) is 24.3 Å². The van der Waals surface area contributed by atoms with Crippen LogP contribution < -0.4 is 27.2 Å². The van der Waals surface area contributed by atoms with Crippen LogP contribution in [0.2, 0.25) is 0 Å². The Balaban J connectivity index is 1.93. The molecule has 32 heavy (non-hydrogen) atoms. The average molecular weight is 446 g/mol. The van der Waals surface area contributed by atoms with Crippen molar-refractivity contribution in [3.05, 3.63) is 45.7 Å². The molecule has 0 aliphatic carbocycles. The first kappa shape index (κ1) is 24.2. The van der Waals surface area contributed by atoms with E-state index in [0.29, 0.717) is 24.9 Å². The third-order valence-electron chi connectivity index (χ3n) is 4.81. The Morgan fingerprint density at radius 1 is 1.19 bits per heavy atom. The van der Waals surface area contributed by atoms with Gasteiger partial charge in [0.2, 0.25) is 5.95 Å². The summed E-state index contributed by atoms with van der Waals surface area (Å²) in [6.07, 6.45) is 0.437. The number of nitrogen functional groups attached to an aromatic ring is 2. The normalized spacial score (nSPS) is 11.5. The van der Waals surface area contributed by atoms with Gasteiger partial charge >= 0.3 is 11.9 Å². The molecule has 0 unspecified atom stereocenters. The van der Waals surface area contributed by atoms with Crippen molar-refractivity contribution in [1.82, 2.24) is 15.3 Å². The van der Waals surface area contributed by atoms with Gasteiger partial charge in [0, 0.05) is 31.3 Å². The Labute approximate surface area is 183 Å². The molecule has 1 aromatic carbocycles. The highest BCUT2D eigenvalue weighted by Crippen LogP contribution is 2.16. The van der Waals surface area contributed by atoms with Crippen LogP contribution in [0.15, 0.2) is 29.1 Å². The fourth-order valence-electron chi connectivity index (χ4n) is 3.03. The molecule has 12 heteroatoms. The molecule has 8 N–H and O–H groups in total. The van der Waals surface area contributed by atoms with Crippen molar-refractivity contribution in [1.29, 1.82) is 0 Å². The van der Waals surface area contributed by atoms with Crippen LogP contribution in [0.4, 0.5) is 17.5 Å². The van der Waals surface area contributed by atoms with Crippen molar-refractivity contribution in [2.24, 2.45) is 0 Å². The van der Waals surface area contributed by atoms with Gasteiger partial charge in [-0.1, -0.05) is 0 Å². The molecule has 0 fully saturated rings. The molecule has 0 saturated carbocycles. The largest absolute Gasteiger partial charge is 0.481 e. The number of anilines is 3. The quantitative estimate of drug-likeness (QED) is 0.273. The summed E-state index contributed by atoms with van der Waals surface area (Å²) in [4.78, 5) is 54.3. The van der Waals surface area contributed by atoms with E-state index in [-0.39, 0.29) is 35.7 Å². The molecule has 1 heterocycles. The Morgan fingerprint density at radius 3 is 2.41 bits per heavy atom. The second-order valence-corrected chi connectivity index (χ2v) is 7.18. The summed E-state index contributed by atoms with van der Waals surface area (Å²) < 4.78 is 0. The van der Waals surface area contributed by atoms with Gasteiger partial charge in [-0.2, -0.15) is 4.98 Å². The number of amides is 1. The number of nitrogens with zero attached hydrogens (tertiary/aromatic N) is 2. The summed E-state index contributed by atoms with van der Waals surface area (Å²) in [6, 6.07) is 5.20. The average Bonchev–Trinajstić information content (AvgIpc) is 2.72. The summed E-state index contributed by atoms with van der Waals surface area (Å²) in [5.74, 6) is -2.98. The summed E-state index contributed by atoms with van der Waals surface area (Å²) in [6.45, 7) is 0.588. The van der Waals surface area contributed by atoms with Crippen molar-refractivity contribution >= 4 is 35.3 Å². The highest BCUT2D eigenvalue weighted by Gasteiger charge is 2.21. The number of benzene rings is 1. The highest BCUT2D eigenvalue weighted by atomic mass is 16.4. The molecule has 2 rings (SSSR count). The maximum Gasteiger partial charge on any atom is 0.326 e. The monoisotopic (exact) mass is 446 g/mol. The molecule has 172 valence electrons. The Bertz CT molecular complexity index is 1040. The number of carboxylic acids is 2. The molecule has 1 atom stereocenters. The van der Waals surface area contributed by atoms with E-state index in [0.717, 1.165) is 5.69 Å². The summed E-state index contributed by atoms with van der Waals surface area (Å²) in [7, 11) is 1.84. The number of carbonyl (C=O) groups excluding carboxylic acids is 1. The predicted molar refractivity (Wildman–Crippen MR) is 117 cm³/mol. The van der Waals surface area contributed by atoms with Gasteiger partial charge in [-0.05, 0) is 43.5 Å². The number of carbonyl (C=O) groups is 3. The Morgan fingerprint density at radius 2 is 1.84 bits per heavy atom. The number of rotatable bonds is 11. The molecule has 1 amide bonds. The van der Waals surface area contributed by atoms with Crippen molar-refractivity contribution < 1.29 is 24.6 Å². The summed E-state index contributed by atoms with van der Waals surface area (Å²) >= 11 is 0. The van der Waals surface area contributed by atoms with Crippen LogP contribution in [0.5, 0.6) is 0 Å². The topological polar surface area (TPSA) is 205 Å².